The first-order valence-corrected chi connectivity index (χ1v) is 9.46. The normalized spacial score (nSPS) is 10.8. The molecule has 6 nitrogen and oxygen atoms in total. The summed E-state index contributed by atoms with van der Waals surface area (Å²) in [6, 6.07) is 14.5. The Morgan fingerprint density at radius 1 is 0.966 bits per heavy atom. The van der Waals surface area contributed by atoms with E-state index in [2.05, 4.69) is 22.5 Å². The zero-order chi connectivity index (χ0) is 21.4. The Bertz CT molecular complexity index is 885. The van der Waals surface area contributed by atoms with Crippen molar-refractivity contribution >= 4 is 28.9 Å². The number of benzene rings is 2. The fourth-order valence-corrected chi connectivity index (χ4v) is 2.28. The quantitative estimate of drug-likeness (QED) is 0.567. The number of carbonyl (C=O) groups is 2. The third kappa shape index (κ3) is 7.70. The lowest BCUT2D eigenvalue weighted by molar-refractivity contribution is -0.123. The minimum Gasteiger partial charge on any atom is -0.489 e. The van der Waals surface area contributed by atoms with Crippen LogP contribution in [0.2, 0.25) is 0 Å². The SMILES string of the molecule is C=C(C)COc1cccc(NC(=O)CNc2cccc(NC(=O)C(C)(C)C)c2)c1. The summed E-state index contributed by atoms with van der Waals surface area (Å²) in [5.41, 5.74) is 2.52. The van der Waals surface area contributed by atoms with Crippen molar-refractivity contribution in [2.45, 2.75) is 27.7 Å². The first kappa shape index (κ1) is 22.0. The molecule has 0 saturated carbocycles. The van der Waals surface area contributed by atoms with Gasteiger partial charge in [-0.05, 0) is 42.8 Å². The highest BCUT2D eigenvalue weighted by Crippen LogP contribution is 2.20. The van der Waals surface area contributed by atoms with E-state index >= 15 is 0 Å². The predicted molar refractivity (Wildman–Crippen MR) is 118 cm³/mol. The molecular weight excluding hydrogens is 366 g/mol. The summed E-state index contributed by atoms with van der Waals surface area (Å²) in [7, 11) is 0. The second kappa shape index (κ2) is 9.78. The van der Waals surface area contributed by atoms with E-state index in [0.29, 0.717) is 23.7 Å². The van der Waals surface area contributed by atoms with Crippen LogP contribution in [0.4, 0.5) is 17.1 Å². The summed E-state index contributed by atoms with van der Waals surface area (Å²) in [4.78, 5) is 24.4. The van der Waals surface area contributed by atoms with Crippen LogP contribution in [-0.2, 0) is 9.59 Å². The number of anilines is 3. The standard InChI is InChI=1S/C23H29N3O3/c1-16(2)15-29-20-11-7-10-19(13-20)25-21(27)14-24-17-8-6-9-18(12-17)26-22(28)23(3,4)5/h6-13,24H,1,14-15H2,2-5H3,(H,25,27)(H,26,28). The summed E-state index contributed by atoms with van der Waals surface area (Å²) < 4.78 is 5.59. The van der Waals surface area contributed by atoms with Gasteiger partial charge >= 0.3 is 0 Å². The van der Waals surface area contributed by atoms with Crippen molar-refractivity contribution < 1.29 is 14.3 Å². The fraction of sp³-hybridized carbons (Fsp3) is 0.304. The highest BCUT2D eigenvalue weighted by atomic mass is 16.5. The van der Waals surface area contributed by atoms with E-state index in [1.54, 1.807) is 18.2 Å². The van der Waals surface area contributed by atoms with Crippen LogP contribution in [-0.4, -0.2) is 25.0 Å². The van der Waals surface area contributed by atoms with Crippen LogP contribution in [0.1, 0.15) is 27.7 Å². The Balaban J connectivity index is 1.89. The second-order valence-corrected chi connectivity index (χ2v) is 7.96. The first-order valence-electron chi connectivity index (χ1n) is 9.46. The predicted octanol–water partition coefficient (Wildman–Crippen LogP) is 4.68. The van der Waals surface area contributed by atoms with E-state index in [1.807, 2.05) is 58.0 Å². The molecule has 0 spiro atoms. The molecule has 0 heterocycles. The lowest BCUT2D eigenvalue weighted by Gasteiger charge is -2.18. The summed E-state index contributed by atoms with van der Waals surface area (Å²) in [6.45, 7) is 11.8. The molecule has 0 fully saturated rings. The molecule has 2 rings (SSSR count). The largest absolute Gasteiger partial charge is 0.489 e. The first-order chi connectivity index (χ1) is 13.6. The van der Waals surface area contributed by atoms with E-state index in [1.165, 1.54) is 0 Å². The average molecular weight is 396 g/mol. The smallest absolute Gasteiger partial charge is 0.243 e. The van der Waals surface area contributed by atoms with E-state index in [-0.39, 0.29) is 18.4 Å². The lowest BCUT2D eigenvalue weighted by Crippen LogP contribution is -2.27. The van der Waals surface area contributed by atoms with Crippen molar-refractivity contribution in [2.75, 3.05) is 29.1 Å². The molecule has 0 aliphatic rings. The number of ether oxygens (including phenoxy) is 1. The van der Waals surface area contributed by atoms with Crippen molar-refractivity contribution in [3.63, 3.8) is 0 Å². The zero-order valence-corrected chi connectivity index (χ0v) is 17.5. The molecular formula is C23H29N3O3. The summed E-state index contributed by atoms with van der Waals surface area (Å²) >= 11 is 0. The average Bonchev–Trinajstić information content (AvgIpc) is 2.64. The van der Waals surface area contributed by atoms with E-state index < -0.39 is 5.41 Å². The van der Waals surface area contributed by atoms with Crippen molar-refractivity contribution in [1.29, 1.82) is 0 Å². The number of hydrogen-bond acceptors (Lipinski definition) is 4. The van der Waals surface area contributed by atoms with Crippen LogP contribution >= 0.6 is 0 Å². The van der Waals surface area contributed by atoms with Gasteiger partial charge in [-0.15, -0.1) is 0 Å². The highest BCUT2D eigenvalue weighted by Gasteiger charge is 2.21. The molecule has 154 valence electrons. The molecule has 0 radical (unpaired) electrons. The van der Waals surface area contributed by atoms with Crippen molar-refractivity contribution in [1.82, 2.24) is 0 Å². The topological polar surface area (TPSA) is 79.5 Å². The maximum Gasteiger partial charge on any atom is 0.243 e. The van der Waals surface area contributed by atoms with Crippen LogP contribution in [0.3, 0.4) is 0 Å². The number of rotatable bonds is 8. The van der Waals surface area contributed by atoms with Crippen LogP contribution in [0.5, 0.6) is 5.75 Å². The van der Waals surface area contributed by atoms with Crippen LogP contribution in [0, 0.1) is 5.41 Å². The van der Waals surface area contributed by atoms with Gasteiger partial charge in [-0.25, -0.2) is 0 Å². The van der Waals surface area contributed by atoms with E-state index in [0.717, 1.165) is 11.3 Å². The number of nitrogens with one attached hydrogen (secondary N) is 3. The van der Waals surface area contributed by atoms with E-state index in [4.69, 9.17) is 4.74 Å². The number of hydrogen-bond donors (Lipinski definition) is 3. The third-order valence-corrected chi connectivity index (χ3v) is 3.86. The van der Waals surface area contributed by atoms with Crippen molar-refractivity contribution in [2.24, 2.45) is 5.41 Å². The number of carbonyl (C=O) groups excluding carboxylic acids is 2. The minimum atomic E-state index is -0.480. The Hall–Kier alpha value is -3.28. The summed E-state index contributed by atoms with van der Waals surface area (Å²) in [6.07, 6.45) is 0. The summed E-state index contributed by atoms with van der Waals surface area (Å²) in [5.74, 6) is 0.411. The van der Waals surface area contributed by atoms with Gasteiger partial charge in [-0.2, -0.15) is 0 Å². The Morgan fingerprint density at radius 3 is 2.24 bits per heavy atom. The van der Waals surface area contributed by atoms with Crippen LogP contribution in [0.25, 0.3) is 0 Å². The Labute approximate surface area is 172 Å². The van der Waals surface area contributed by atoms with Gasteiger partial charge in [0.1, 0.15) is 12.4 Å². The van der Waals surface area contributed by atoms with Crippen LogP contribution < -0.4 is 20.7 Å². The molecule has 0 aliphatic heterocycles. The Morgan fingerprint density at radius 2 is 1.59 bits per heavy atom. The molecule has 0 unspecified atom stereocenters. The molecule has 0 aliphatic carbocycles. The van der Waals surface area contributed by atoms with Gasteiger partial charge in [0.25, 0.3) is 0 Å². The zero-order valence-electron chi connectivity index (χ0n) is 17.5. The van der Waals surface area contributed by atoms with Gasteiger partial charge in [0.05, 0.1) is 6.54 Å². The van der Waals surface area contributed by atoms with Crippen molar-refractivity contribution in [3.05, 3.63) is 60.7 Å². The molecule has 0 saturated heterocycles. The third-order valence-electron chi connectivity index (χ3n) is 3.86. The minimum absolute atomic E-state index is 0.0684. The Kier molecular flexibility index (Phi) is 7.42. The molecule has 0 atom stereocenters. The lowest BCUT2D eigenvalue weighted by atomic mass is 9.95. The maximum atomic E-state index is 12.3. The molecule has 2 amide bonds. The van der Waals surface area contributed by atoms with Gasteiger partial charge < -0.3 is 20.7 Å². The molecule has 29 heavy (non-hydrogen) atoms. The second-order valence-electron chi connectivity index (χ2n) is 7.96. The molecule has 0 bridgehead atoms. The van der Waals surface area contributed by atoms with Gasteiger partial charge in [0.2, 0.25) is 11.8 Å². The van der Waals surface area contributed by atoms with Gasteiger partial charge in [-0.1, -0.05) is 39.5 Å². The molecule has 0 aromatic heterocycles. The number of amides is 2. The molecule has 2 aromatic carbocycles. The van der Waals surface area contributed by atoms with Gasteiger partial charge in [0.15, 0.2) is 0 Å². The van der Waals surface area contributed by atoms with E-state index in [9.17, 15) is 9.59 Å². The highest BCUT2D eigenvalue weighted by molar-refractivity contribution is 5.95. The molecule has 3 N–H and O–H groups in total. The van der Waals surface area contributed by atoms with Crippen molar-refractivity contribution in [3.8, 4) is 5.75 Å². The monoisotopic (exact) mass is 395 g/mol. The van der Waals surface area contributed by atoms with Gasteiger partial charge in [-0.3, -0.25) is 9.59 Å². The molecule has 2 aromatic rings. The maximum absolute atomic E-state index is 12.3. The fourth-order valence-electron chi connectivity index (χ4n) is 2.28. The van der Waals surface area contributed by atoms with Gasteiger partial charge in [0, 0.05) is 28.5 Å². The summed E-state index contributed by atoms with van der Waals surface area (Å²) in [5, 5.41) is 8.78. The van der Waals surface area contributed by atoms with Crippen LogP contribution in [0.15, 0.2) is 60.7 Å². The molecule has 6 heteroatoms.